The number of hydrogen-bond acceptors (Lipinski definition) is 2. The van der Waals surface area contributed by atoms with Crippen molar-refractivity contribution in [1.29, 1.82) is 0 Å². The summed E-state index contributed by atoms with van der Waals surface area (Å²) in [7, 11) is 0. The molecule has 13 rings (SSSR count). The summed E-state index contributed by atoms with van der Waals surface area (Å²) in [5.74, 6) is 1.61. The van der Waals surface area contributed by atoms with Crippen LogP contribution in [0, 0.1) is 24.4 Å². The molecule has 392 valence electrons. The largest absolute Gasteiger partial charge is 0.510 e. The van der Waals surface area contributed by atoms with Crippen LogP contribution < -0.4 is 9.30 Å². The van der Waals surface area contributed by atoms with Crippen LogP contribution in [0.4, 0.5) is 0 Å². The number of aromatic nitrogens is 5. The molecule has 0 aliphatic heterocycles. The summed E-state index contributed by atoms with van der Waals surface area (Å²) in [4.78, 5) is 4.89. The van der Waals surface area contributed by atoms with Crippen molar-refractivity contribution in [2.45, 2.75) is 72.6 Å². The zero-order valence-electron chi connectivity index (χ0n) is 57.9. The van der Waals surface area contributed by atoms with Crippen LogP contribution >= 0.6 is 0 Å². The SMILES string of the molecule is [2H]c1c([2H])c([2H])c(-c2cccc(-c3cc(C(C)(C)C)cc(C(C)(C)C)c3)c2-[n+]2[c-]n(-c3[c-]c(Oc4[c-]c5c(cc4)c4cc(-n6c7c([2H])c([2H])c([2H])c([2H])c7c7c([2H])c([2H])c([2H])c([2H])c76)ccc4n5-c4cc(CC(C)C)ccn4)ccc3)c3ccccc32)c([2H])c1[2H].[Pt]. The van der Waals surface area contributed by atoms with E-state index in [2.05, 4.69) is 92.0 Å². The molecule has 0 fully saturated rings. The van der Waals surface area contributed by atoms with Crippen LogP contribution in [0.2, 0.25) is 0 Å². The third kappa shape index (κ3) is 9.36. The van der Waals surface area contributed by atoms with E-state index in [4.69, 9.17) is 22.1 Å². The standard InChI is InChI=1S/C72H61N5O.Pt/c1-47(2)38-48-36-37-73-69(39-48)77-65-35-32-54(76-63-28-14-12-24-59(63)60-25-13-15-29-64(60)76)44-62(65)61-34-33-56(45-68(61)77)78-55-23-18-22-53(43-55)74-46-75(67-31-17-16-30-66(67)74)70-57(49-20-10-9-11-21-49)26-19-27-58(70)50-40-51(71(3,4)5)42-52(41-50)72(6,7)8;/h9-37,39-42,44,47H,38H2,1-8H3;/q-2;/i9D,10D,11D,12D,13D,14D,15D,20D,21D,24D,25D,28D,29D;. The van der Waals surface area contributed by atoms with Gasteiger partial charge in [0, 0.05) is 60.7 Å². The maximum Gasteiger partial charge on any atom is 0.268 e. The van der Waals surface area contributed by atoms with E-state index in [9.17, 15) is 5.48 Å². The van der Waals surface area contributed by atoms with E-state index >= 15 is 0 Å². The van der Waals surface area contributed by atoms with E-state index < -0.39 is 66.5 Å². The molecule has 7 heteroatoms. The third-order valence-corrected chi connectivity index (χ3v) is 14.4. The van der Waals surface area contributed by atoms with Crippen molar-refractivity contribution in [3.05, 3.63) is 241 Å². The molecule has 0 radical (unpaired) electrons. The summed E-state index contributed by atoms with van der Waals surface area (Å²) in [5.41, 5.74) is 9.15. The minimum absolute atomic E-state index is 0. The number of ether oxygens (including phenoxy) is 1. The van der Waals surface area contributed by atoms with Gasteiger partial charge in [-0.1, -0.05) is 188 Å². The number of pyridine rings is 1. The molecule has 6 nitrogen and oxygen atoms in total. The molecule has 13 aromatic rings. The molecule has 9 aromatic carbocycles. The second kappa shape index (κ2) is 20.2. The first-order chi connectivity index (χ1) is 43.1. The first-order valence-corrected chi connectivity index (χ1v) is 26.1. The molecule has 0 aliphatic rings. The predicted octanol–water partition coefficient (Wildman–Crippen LogP) is 17.8. The van der Waals surface area contributed by atoms with E-state index in [-0.39, 0.29) is 71.3 Å². The van der Waals surface area contributed by atoms with Gasteiger partial charge in [-0.25, -0.2) is 4.98 Å². The normalized spacial score (nSPS) is 14.4. The second-order valence-corrected chi connectivity index (χ2v) is 22.3. The molecule has 4 aromatic heterocycles. The van der Waals surface area contributed by atoms with Crippen molar-refractivity contribution in [3.63, 3.8) is 0 Å². The summed E-state index contributed by atoms with van der Waals surface area (Å²) in [5, 5.41) is 1.37. The van der Waals surface area contributed by atoms with Gasteiger partial charge in [0.15, 0.2) is 0 Å². The Balaban J connectivity index is 0.00000816. The minimum atomic E-state index is -0.520. The minimum Gasteiger partial charge on any atom is -0.510 e. The summed E-state index contributed by atoms with van der Waals surface area (Å²) in [6.07, 6.45) is 6.20. The van der Waals surface area contributed by atoms with Gasteiger partial charge < -0.3 is 18.4 Å². The van der Waals surface area contributed by atoms with Crippen LogP contribution in [0.25, 0.3) is 99.8 Å². The van der Waals surface area contributed by atoms with Gasteiger partial charge in [-0.3, -0.25) is 4.57 Å². The van der Waals surface area contributed by atoms with Gasteiger partial charge in [-0.2, -0.15) is 18.2 Å². The molecule has 0 saturated carbocycles. The fraction of sp³-hybridized carbons (Fsp3) is 0.167. The Bertz CT molecular complexity index is 5110. The topological polar surface area (TPSA) is 40.8 Å². The maximum absolute atomic E-state index is 9.28. The Morgan fingerprint density at radius 3 is 1.94 bits per heavy atom. The van der Waals surface area contributed by atoms with Crippen LogP contribution in [0.1, 0.15) is 89.9 Å². The second-order valence-electron chi connectivity index (χ2n) is 22.3. The number of nitrogens with zero attached hydrogens (tertiary/aromatic N) is 5. The molecule has 79 heavy (non-hydrogen) atoms. The summed E-state index contributed by atoms with van der Waals surface area (Å²) in [6.45, 7) is 17.3. The van der Waals surface area contributed by atoms with Crippen molar-refractivity contribution >= 4 is 54.6 Å². The van der Waals surface area contributed by atoms with Crippen LogP contribution in [-0.2, 0) is 38.3 Å². The molecule has 0 saturated heterocycles. The summed E-state index contributed by atoms with van der Waals surface area (Å²) < 4.78 is 130. The number of imidazole rings is 1. The molecule has 0 atom stereocenters. The Kier molecular flexibility index (Phi) is 9.77. The van der Waals surface area contributed by atoms with Crippen molar-refractivity contribution in [2.75, 3.05) is 0 Å². The van der Waals surface area contributed by atoms with E-state index in [0.29, 0.717) is 73.2 Å². The van der Waals surface area contributed by atoms with Gasteiger partial charge in [0.05, 0.1) is 45.6 Å². The van der Waals surface area contributed by atoms with Crippen LogP contribution in [0.15, 0.2) is 206 Å². The molecule has 0 amide bonds. The van der Waals surface area contributed by atoms with Gasteiger partial charge in [-0.15, -0.1) is 29.7 Å². The van der Waals surface area contributed by atoms with Gasteiger partial charge in [0.25, 0.3) is 6.33 Å². The van der Waals surface area contributed by atoms with Crippen LogP contribution in [0.5, 0.6) is 11.5 Å². The Labute approximate surface area is 495 Å². The Morgan fingerprint density at radius 2 is 1.23 bits per heavy atom. The van der Waals surface area contributed by atoms with Gasteiger partial charge in [-0.05, 0) is 116 Å². The fourth-order valence-corrected chi connectivity index (χ4v) is 10.6. The average Bonchev–Trinajstić information content (AvgIpc) is 1.53. The van der Waals surface area contributed by atoms with Gasteiger partial charge in [0.2, 0.25) is 0 Å². The summed E-state index contributed by atoms with van der Waals surface area (Å²) >= 11 is 0. The predicted molar refractivity (Wildman–Crippen MR) is 321 cm³/mol. The fourth-order valence-electron chi connectivity index (χ4n) is 10.6. The molecule has 0 bridgehead atoms. The van der Waals surface area contributed by atoms with E-state index in [0.717, 1.165) is 39.8 Å². The van der Waals surface area contributed by atoms with E-state index in [1.54, 1.807) is 30.5 Å². The maximum atomic E-state index is 9.28. The molecule has 0 unspecified atom stereocenters. The van der Waals surface area contributed by atoms with Crippen LogP contribution in [-0.4, -0.2) is 18.7 Å². The monoisotopic (exact) mass is 1220 g/mol. The Morgan fingerprint density at radius 1 is 0.570 bits per heavy atom. The third-order valence-electron chi connectivity index (χ3n) is 14.4. The zero-order chi connectivity index (χ0) is 64.8. The van der Waals surface area contributed by atoms with Gasteiger partial charge in [0.1, 0.15) is 5.82 Å². The van der Waals surface area contributed by atoms with E-state index in [1.807, 2.05) is 92.6 Å². The van der Waals surface area contributed by atoms with Crippen molar-refractivity contribution in [2.24, 2.45) is 5.92 Å². The van der Waals surface area contributed by atoms with Gasteiger partial charge >= 0.3 is 0 Å². The van der Waals surface area contributed by atoms with Crippen molar-refractivity contribution in [1.82, 2.24) is 18.7 Å². The van der Waals surface area contributed by atoms with Crippen molar-refractivity contribution < 1.29 is 48.2 Å². The number of hydrogen-bond donors (Lipinski definition) is 0. The molecular weight excluding hydrogens is 1150 g/mol. The first kappa shape index (κ1) is 38.3. The molecule has 0 N–H and O–H groups in total. The zero-order valence-corrected chi connectivity index (χ0v) is 47.1. The number of rotatable bonds is 10. The average molecular weight is 1220 g/mol. The quantitative estimate of drug-likeness (QED) is 0.101. The van der Waals surface area contributed by atoms with Crippen molar-refractivity contribution in [3.8, 4) is 56.6 Å². The molecule has 0 aliphatic carbocycles. The number of benzene rings is 9. The molecule has 0 spiro atoms. The summed E-state index contributed by atoms with van der Waals surface area (Å²) in [6, 6.07) is 40.1. The Hall–Kier alpha value is -8.31. The number of fused-ring (bicyclic) bond motifs is 7. The van der Waals surface area contributed by atoms with Crippen LogP contribution in [0.3, 0.4) is 0 Å². The first-order valence-electron chi connectivity index (χ1n) is 32.6. The van der Waals surface area contributed by atoms with E-state index in [1.165, 1.54) is 4.57 Å². The molecule has 4 heterocycles. The smallest absolute Gasteiger partial charge is 0.268 e. The number of para-hydroxylation sites is 5. The molecular formula is C72H61N5OPt-2.